The maximum Gasteiger partial charge on any atom is 0.225 e. The van der Waals surface area contributed by atoms with Crippen molar-refractivity contribution >= 4 is 23.2 Å². The normalized spacial score (nSPS) is 19.8. The van der Waals surface area contributed by atoms with Crippen LogP contribution in [-0.4, -0.2) is 48.6 Å². The molecule has 1 N–H and O–H groups in total. The Bertz CT molecular complexity index is 1140. The summed E-state index contributed by atoms with van der Waals surface area (Å²) in [5, 5.41) is 3.92. The number of hydrogen-bond acceptors (Lipinski definition) is 5. The van der Waals surface area contributed by atoms with Crippen molar-refractivity contribution in [2.24, 2.45) is 5.92 Å². The van der Waals surface area contributed by atoms with E-state index >= 15 is 0 Å². The van der Waals surface area contributed by atoms with Crippen LogP contribution in [0.15, 0.2) is 67.0 Å². The molecule has 176 valence electrons. The largest absolute Gasteiger partial charge is 0.497 e. The van der Waals surface area contributed by atoms with Crippen LogP contribution in [0.25, 0.3) is 0 Å². The third-order valence-corrected chi connectivity index (χ3v) is 7.13. The molecule has 6 nitrogen and oxygen atoms in total. The molecule has 7 heteroatoms. The molecule has 1 saturated heterocycles. The zero-order chi connectivity index (χ0) is 23.5. The van der Waals surface area contributed by atoms with E-state index in [0.717, 1.165) is 48.9 Å². The van der Waals surface area contributed by atoms with Crippen LogP contribution in [0.5, 0.6) is 5.75 Å². The first-order valence-electron chi connectivity index (χ1n) is 11.7. The molecule has 5 rings (SSSR count). The summed E-state index contributed by atoms with van der Waals surface area (Å²) in [6, 6.07) is 18.2. The fourth-order valence-electron chi connectivity index (χ4n) is 5.08. The smallest absolute Gasteiger partial charge is 0.225 e. The monoisotopic (exact) mass is 476 g/mol. The van der Waals surface area contributed by atoms with Gasteiger partial charge < -0.3 is 15.0 Å². The van der Waals surface area contributed by atoms with Crippen molar-refractivity contribution in [2.75, 3.05) is 31.6 Å². The summed E-state index contributed by atoms with van der Waals surface area (Å²) in [5.41, 5.74) is 4.67. The Balaban J connectivity index is 1.37. The zero-order valence-electron chi connectivity index (χ0n) is 19.3. The molecule has 0 bridgehead atoms. The highest BCUT2D eigenvalue weighted by Crippen LogP contribution is 2.38. The van der Waals surface area contributed by atoms with Crippen molar-refractivity contribution in [1.82, 2.24) is 15.2 Å². The number of anilines is 1. The van der Waals surface area contributed by atoms with Gasteiger partial charge in [0.1, 0.15) is 5.75 Å². The highest BCUT2D eigenvalue weighted by Gasteiger charge is 2.41. The van der Waals surface area contributed by atoms with Crippen LogP contribution in [0.2, 0.25) is 5.02 Å². The fraction of sp³-hybridized carbons (Fsp3) is 0.333. The highest BCUT2D eigenvalue weighted by atomic mass is 35.5. The van der Waals surface area contributed by atoms with E-state index in [2.05, 4.69) is 44.4 Å². The van der Waals surface area contributed by atoms with E-state index in [1.54, 1.807) is 19.5 Å². The average molecular weight is 477 g/mol. The van der Waals surface area contributed by atoms with Gasteiger partial charge in [0.2, 0.25) is 5.91 Å². The van der Waals surface area contributed by atoms with Gasteiger partial charge in [-0.2, -0.15) is 0 Å². The highest BCUT2D eigenvalue weighted by molar-refractivity contribution is 6.30. The van der Waals surface area contributed by atoms with Crippen LogP contribution in [0.3, 0.4) is 0 Å². The molecular formula is C27H29ClN4O2. The third-order valence-electron chi connectivity index (χ3n) is 6.88. The molecule has 1 fully saturated rings. The Morgan fingerprint density at radius 3 is 2.65 bits per heavy atom. The van der Waals surface area contributed by atoms with E-state index in [1.165, 1.54) is 16.8 Å². The lowest BCUT2D eigenvalue weighted by molar-refractivity contribution is -0.126. The number of pyridine rings is 1. The van der Waals surface area contributed by atoms with Crippen molar-refractivity contribution in [3.63, 3.8) is 0 Å². The van der Waals surface area contributed by atoms with Crippen LogP contribution >= 0.6 is 11.6 Å². The molecule has 0 spiro atoms. The number of amides is 1. The van der Waals surface area contributed by atoms with Crippen molar-refractivity contribution in [2.45, 2.75) is 25.6 Å². The number of nitrogens with zero attached hydrogens (tertiary/aromatic N) is 3. The molecule has 1 aromatic heterocycles. The van der Waals surface area contributed by atoms with Gasteiger partial charge >= 0.3 is 0 Å². The molecule has 1 amide bonds. The van der Waals surface area contributed by atoms with Crippen molar-refractivity contribution in [3.8, 4) is 5.75 Å². The minimum atomic E-state index is -0.129. The first kappa shape index (κ1) is 22.7. The summed E-state index contributed by atoms with van der Waals surface area (Å²) in [7, 11) is 1.70. The van der Waals surface area contributed by atoms with E-state index in [1.807, 2.05) is 30.3 Å². The Morgan fingerprint density at radius 2 is 1.88 bits per heavy atom. The zero-order valence-corrected chi connectivity index (χ0v) is 20.0. The van der Waals surface area contributed by atoms with Gasteiger partial charge in [0, 0.05) is 61.9 Å². The van der Waals surface area contributed by atoms with Gasteiger partial charge in [-0.05, 0) is 53.4 Å². The van der Waals surface area contributed by atoms with E-state index < -0.39 is 0 Å². The van der Waals surface area contributed by atoms with Gasteiger partial charge in [-0.25, -0.2) is 0 Å². The molecule has 2 aliphatic rings. The molecule has 2 atom stereocenters. The van der Waals surface area contributed by atoms with E-state index in [0.29, 0.717) is 6.54 Å². The second-order valence-electron chi connectivity index (χ2n) is 9.00. The lowest BCUT2D eigenvalue weighted by atomic mass is 9.83. The van der Waals surface area contributed by atoms with Crippen LogP contribution in [0.4, 0.5) is 5.69 Å². The van der Waals surface area contributed by atoms with Crippen molar-refractivity contribution < 1.29 is 9.53 Å². The number of benzene rings is 2. The fourth-order valence-corrected chi connectivity index (χ4v) is 5.20. The Labute approximate surface area is 205 Å². The average Bonchev–Trinajstić information content (AvgIpc) is 2.88. The van der Waals surface area contributed by atoms with Gasteiger partial charge in [-0.1, -0.05) is 29.8 Å². The van der Waals surface area contributed by atoms with Gasteiger partial charge in [0.25, 0.3) is 0 Å². The number of aromatic nitrogens is 1. The molecule has 3 aromatic rings. The topological polar surface area (TPSA) is 57.7 Å². The van der Waals surface area contributed by atoms with Gasteiger partial charge in [0.15, 0.2) is 0 Å². The van der Waals surface area contributed by atoms with Crippen LogP contribution in [0, 0.1) is 5.92 Å². The van der Waals surface area contributed by atoms with E-state index in [4.69, 9.17) is 16.3 Å². The lowest BCUT2D eigenvalue weighted by Gasteiger charge is -2.49. The molecule has 0 radical (unpaired) electrons. The Morgan fingerprint density at radius 1 is 1.09 bits per heavy atom. The predicted octanol–water partition coefficient (Wildman–Crippen LogP) is 3.92. The summed E-state index contributed by atoms with van der Waals surface area (Å²) in [6.45, 7) is 3.98. The van der Waals surface area contributed by atoms with E-state index in [9.17, 15) is 4.79 Å². The second kappa shape index (κ2) is 10.0. The maximum atomic E-state index is 13.5. The molecule has 0 aliphatic carbocycles. The number of rotatable bonds is 6. The number of ether oxygens (including phenoxy) is 1. The molecule has 34 heavy (non-hydrogen) atoms. The first-order valence-corrected chi connectivity index (χ1v) is 12.1. The minimum Gasteiger partial charge on any atom is -0.497 e. The van der Waals surface area contributed by atoms with Gasteiger partial charge in [0.05, 0.1) is 19.1 Å². The van der Waals surface area contributed by atoms with Gasteiger partial charge in [-0.3, -0.25) is 14.7 Å². The minimum absolute atomic E-state index is 0.0955. The third kappa shape index (κ3) is 4.88. The SMILES string of the molecule is COc1ccc2c(c1)N1CCN(Cc3ccc(Cl)cc3)C[C@@H]1[C@H](C(=O)NCc1ccncc1)C2. The van der Waals surface area contributed by atoms with Crippen molar-refractivity contribution in [3.05, 3.63) is 88.7 Å². The molecule has 3 heterocycles. The quantitative estimate of drug-likeness (QED) is 0.584. The maximum absolute atomic E-state index is 13.5. The standard InChI is InChI=1S/C27H29ClN4O2/c1-34-23-7-4-21-14-24(27(33)30-16-19-8-10-29-11-9-19)26-18-31(12-13-32(26)25(21)15-23)17-20-2-5-22(28)6-3-20/h2-11,15,24,26H,12-14,16-18H2,1H3,(H,30,33)/t24-,26-/m1/s1. The lowest BCUT2D eigenvalue weighted by Crippen LogP contribution is -2.60. The molecule has 0 unspecified atom stereocenters. The molecule has 0 saturated carbocycles. The predicted molar refractivity (Wildman–Crippen MR) is 134 cm³/mol. The number of fused-ring (bicyclic) bond motifs is 3. The van der Waals surface area contributed by atoms with Crippen LogP contribution in [0.1, 0.15) is 16.7 Å². The summed E-state index contributed by atoms with van der Waals surface area (Å²) in [6.07, 6.45) is 4.23. The molecule has 2 aromatic carbocycles. The number of methoxy groups -OCH3 is 1. The number of halogens is 1. The number of piperazine rings is 1. The van der Waals surface area contributed by atoms with Crippen LogP contribution < -0.4 is 15.0 Å². The Kier molecular flexibility index (Phi) is 6.70. The number of carbonyl (C=O) groups excluding carboxylic acids is 1. The number of hydrogen-bond donors (Lipinski definition) is 1. The summed E-state index contributed by atoms with van der Waals surface area (Å²) >= 11 is 6.07. The van der Waals surface area contributed by atoms with Gasteiger partial charge in [-0.15, -0.1) is 0 Å². The summed E-state index contributed by atoms with van der Waals surface area (Å²) < 4.78 is 5.50. The van der Waals surface area contributed by atoms with Crippen molar-refractivity contribution in [1.29, 1.82) is 0 Å². The number of nitrogens with one attached hydrogen (secondary N) is 1. The van der Waals surface area contributed by atoms with Crippen LogP contribution in [-0.2, 0) is 24.3 Å². The Hall–Kier alpha value is -3.09. The van der Waals surface area contributed by atoms with E-state index in [-0.39, 0.29) is 17.9 Å². The molecular weight excluding hydrogens is 448 g/mol. The summed E-state index contributed by atoms with van der Waals surface area (Å²) in [4.78, 5) is 22.4. The molecule has 2 aliphatic heterocycles. The summed E-state index contributed by atoms with van der Waals surface area (Å²) in [5.74, 6) is 0.819. The number of carbonyl (C=O) groups is 1. The first-order chi connectivity index (χ1) is 16.6. The second-order valence-corrected chi connectivity index (χ2v) is 9.44.